The van der Waals surface area contributed by atoms with Crippen LogP contribution < -0.4 is 5.56 Å². The first-order chi connectivity index (χ1) is 11.1. The van der Waals surface area contributed by atoms with Crippen LogP contribution in [0.15, 0.2) is 23.3 Å². The fourth-order valence-corrected chi connectivity index (χ4v) is 2.69. The zero-order valence-electron chi connectivity index (χ0n) is 11.7. The number of aromatic nitrogens is 5. The fraction of sp³-hybridized carbons (Fsp3) is 0.385. The Hall–Kier alpha value is -2.40. The van der Waals surface area contributed by atoms with E-state index < -0.39 is 31.0 Å². The topological polar surface area (TPSA) is 146 Å². The SMILES string of the molecule is O=c1c2[nH]c([C@@H]3O[C@H](CO)[C@@H](O)[C@H]3O)nc2nc2ncccn12. The minimum atomic E-state index is -1.27. The number of nitrogens with one attached hydrogen (secondary N) is 1. The molecule has 4 heterocycles. The van der Waals surface area contributed by atoms with Gasteiger partial charge in [0.1, 0.15) is 30.2 Å². The lowest BCUT2D eigenvalue weighted by Crippen LogP contribution is -2.32. The zero-order valence-corrected chi connectivity index (χ0v) is 11.7. The van der Waals surface area contributed by atoms with Gasteiger partial charge in [0.05, 0.1) is 6.61 Å². The second-order valence-electron chi connectivity index (χ2n) is 5.29. The van der Waals surface area contributed by atoms with Crippen LogP contribution in [0.3, 0.4) is 0 Å². The molecule has 0 amide bonds. The van der Waals surface area contributed by atoms with Crippen LogP contribution in [0.1, 0.15) is 11.9 Å². The summed E-state index contributed by atoms with van der Waals surface area (Å²) in [5, 5.41) is 29.0. The molecule has 23 heavy (non-hydrogen) atoms. The third kappa shape index (κ3) is 2.04. The molecule has 120 valence electrons. The predicted octanol–water partition coefficient (Wildman–Crippen LogP) is -1.88. The van der Waals surface area contributed by atoms with E-state index in [1.54, 1.807) is 6.07 Å². The summed E-state index contributed by atoms with van der Waals surface area (Å²) in [7, 11) is 0. The van der Waals surface area contributed by atoms with E-state index in [0.717, 1.165) is 0 Å². The third-order valence-corrected chi connectivity index (χ3v) is 3.88. The van der Waals surface area contributed by atoms with Crippen LogP contribution in [0.5, 0.6) is 0 Å². The minimum absolute atomic E-state index is 0.140. The van der Waals surface area contributed by atoms with Gasteiger partial charge in [-0.1, -0.05) is 0 Å². The average Bonchev–Trinajstić information content (AvgIpc) is 3.10. The lowest BCUT2D eigenvalue weighted by Gasteiger charge is -2.11. The number of nitrogens with zero attached hydrogens (tertiary/aromatic N) is 4. The molecule has 1 aliphatic heterocycles. The van der Waals surface area contributed by atoms with Gasteiger partial charge in [-0.05, 0) is 6.07 Å². The van der Waals surface area contributed by atoms with Crippen LogP contribution in [0.2, 0.25) is 0 Å². The number of aliphatic hydroxyl groups is 3. The van der Waals surface area contributed by atoms with Crippen LogP contribution in [0.4, 0.5) is 0 Å². The Labute approximate surface area is 128 Å². The van der Waals surface area contributed by atoms with Crippen molar-refractivity contribution >= 4 is 16.9 Å². The maximum atomic E-state index is 12.4. The lowest BCUT2D eigenvalue weighted by molar-refractivity contribution is -0.0249. The second kappa shape index (κ2) is 5.06. The molecule has 0 unspecified atom stereocenters. The first-order valence-corrected chi connectivity index (χ1v) is 6.95. The summed E-state index contributed by atoms with van der Waals surface area (Å²) in [6.07, 6.45) is -1.39. The standard InChI is InChI=1S/C13H13N5O5/c19-4-5-7(20)8(21)9(23-5)11-15-6-10(16-11)17-13-14-2-1-3-18(13)12(6)22/h1-3,5,7-9,19-21H,4H2,(H,15,16)/t5-,7-,8-,9-/m1/s1. The van der Waals surface area contributed by atoms with Crippen LogP contribution in [-0.2, 0) is 4.74 Å². The number of rotatable bonds is 2. The zero-order chi connectivity index (χ0) is 16.1. The van der Waals surface area contributed by atoms with Gasteiger partial charge in [0, 0.05) is 12.4 Å². The van der Waals surface area contributed by atoms with Crippen molar-refractivity contribution in [1.29, 1.82) is 0 Å². The molecule has 10 nitrogen and oxygen atoms in total. The summed E-state index contributed by atoms with van der Waals surface area (Å²) in [5.41, 5.74) is -0.103. The largest absolute Gasteiger partial charge is 0.394 e. The molecular weight excluding hydrogens is 306 g/mol. The van der Waals surface area contributed by atoms with Crippen molar-refractivity contribution in [2.24, 2.45) is 0 Å². The molecule has 1 fully saturated rings. The number of fused-ring (bicyclic) bond motifs is 2. The molecule has 3 aromatic rings. The normalized spacial score (nSPS) is 28.0. The Balaban J connectivity index is 1.85. The van der Waals surface area contributed by atoms with Gasteiger partial charge < -0.3 is 25.0 Å². The summed E-state index contributed by atoms with van der Waals surface area (Å²) in [6.45, 7) is -0.441. The maximum absolute atomic E-state index is 12.4. The summed E-state index contributed by atoms with van der Waals surface area (Å²) >= 11 is 0. The van der Waals surface area contributed by atoms with Crippen molar-refractivity contribution in [2.75, 3.05) is 6.61 Å². The van der Waals surface area contributed by atoms with E-state index >= 15 is 0 Å². The third-order valence-electron chi connectivity index (χ3n) is 3.88. The van der Waals surface area contributed by atoms with Crippen molar-refractivity contribution < 1.29 is 20.1 Å². The molecular formula is C13H13N5O5. The Kier molecular flexibility index (Phi) is 3.13. The van der Waals surface area contributed by atoms with Gasteiger partial charge in [-0.25, -0.2) is 14.4 Å². The number of imidazole rings is 1. The smallest absolute Gasteiger partial charge is 0.285 e. The Bertz CT molecular complexity index is 937. The highest BCUT2D eigenvalue weighted by Crippen LogP contribution is 2.32. The summed E-state index contributed by atoms with van der Waals surface area (Å²) in [5.74, 6) is 0.354. The van der Waals surface area contributed by atoms with E-state index in [4.69, 9.17) is 9.84 Å². The number of ether oxygens (including phenoxy) is 1. The fourth-order valence-electron chi connectivity index (χ4n) is 2.69. The Morgan fingerprint density at radius 3 is 2.87 bits per heavy atom. The molecule has 3 aromatic heterocycles. The molecule has 0 saturated carbocycles. The van der Waals surface area contributed by atoms with E-state index in [-0.39, 0.29) is 28.3 Å². The van der Waals surface area contributed by atoms with E-state index in [9.17, 15) is 15.0 Å². The highest BCUT2D eigenvalue weighted by molar-refractivity contribution is 5.71. The van der Waals surface area contributed by atoms with Crippen molar-refractivity contribution in [3.8, 4) is 0 Å². The van der Waals surface area contributed by atoms with Gasteiger partial charge >= 0.3 is 0 Å². The van der Waals surface area contributed by atoms with Gasteiger partial charge in [-0.15, -0.1) is 0 Å². The Morgan fingerprint density at radius 1 is 1.30 bits per heavy atom. The van der Waals surface area contributed by atoms with Crippen LogP contribution in [-0.4, -0.2) is 64.6 Å². The number of aliphatic hydroxyl groups excluding tert-OH is 3. The number of hydrogen-bond donors (Lipinski definition) is 4. The molecule has 1 aliphatic rings. The second-order valence-corrected chi connectivity index (χ2v) is 5.29. The molecule has 0 spiro atoms. The predicted molar refractivity (Wildman–Crippen MR) is 75.6 cm³/mol. The summed E-state index contributed by atoms with van der Waals surface area (Å²) in [4.78, 5) is 27.5. The number of hydrogen-bond acceptors (Lipinski definition) is 8. The molecule has 0 radical (unpaired) electrons. The van der Waals surface area contributed by atoms with Crippen LogP contribution in [0, 0.1) is 0 Å². The highest BCUT2D eigenvalue weighted by atomic mass is 16.6. The van der Waals surface area contributed by atoms with Crippen LogP contribution >= 0.6 is 0 Å². The lowest BCUT2D eigenvalue weighted by atomic mass is 10.1. The van der Waals surface area contributed by atoms with Crippen molar-refractivity contribution in [3.05, 3.63) is 34.6 Å². The maximum Gasteiger partial charge on any atom is 0.285 e. The van der Waals surface area contributed by atoms with Gasteiger partial charge in [0.15, 0.2) is 11.2 Å². The van der Waals surface area contributed by atoms with Gasteiger partial charge in [-0.2, -0.15) is 4.98 Å². The first-order valence-electron chi connectivity index (χ1n) is 6.95. The molecule has 4 N–H and O–H groups in total. The van der Waals surface area contributed by atoms with Crippen LogP contribution in [0.25, 0.3) is 16.9 Å². The summed E-state index contributed by atoms with van der Waals surface area (Å²) < 4.78 is 6.66. The van der Waals surface area contributed by atoms with Gasteiger partial charge in [0.25, 0.3) is 5.56 Å². The van der Waals surface area contributed by atoms with Gasteiger partial charge in [-0.3, -0.25) is 4.79 Å². The molecule has 0 bridgehead atoms. The molecule has 0 aromatic carbocycles. The molecule has 10 heteroatoms. The Morgan fingerprint density at radius 2 is 2.13 bits per heavy atom. The number of aromatic amines is 1. The van der Waals surface area contributed by atoms with E-state index in [2.05, 4.69) is 19.9 Å². The van der Waals surface area contributed by atoms with E-state index in [1.165, 1.54) is 16.8 Å². The average molecular weight is 319 g/mol. The molecule has 1 saturated heterocycles. The van der Waals surface area contributed by atoms with Gasteiger partial charge in [0.2, 0.25) is 5.78 Å². The van der Waals surface area contributed by atoms with Crippen molar-refractivity contribution in [1.82, 2.24) is 24.3 Å². The van der Waals surface area contributed by atoms with E-state index in [1.807, 2.05) is 0 Å². The summed E-state index contributed by atoms with van der Waals surface area (Å²) in [6, 6.07) is 1.60. The first kappa shape index (κ1) is 14.2. The minimum Gasteiger partial charge on any atom is -0.394 e. The molecule has 0 aliphatic carbocycles. The van der Waals surface area contributed by atoms with Crippen molar-refractivity contribution in [2.45, 2.75) is 24.4 Å². The van der Waals surface area contributed by atoms with E-state index in [0.29, 0.717) is 0 Å². The molecule has 4 rings (SSSR count). The monoisotopic (exact) mass is 319 g/mol. The number of H-pyrrole nitrogens is 1. The highest BCUT2D eigenvalue weighted by Gasteiger charge is 2.44. The molecule has 4 atom stereocenters. The quantitative estimate of drug-likeness (QED) is 0.429. The van der Waals surface area contributed by atoms with Crippen molar-refractivity contribution in [3.63, 3.8) is 0 Å².